The van der Waals surface area contributed by atoms with Crippen LogP contribution in [-0.4, -0.2) is 47.9 Å². The summed E-state index contributed by atoms with van der Waals surface area (Å²) in [5.41, 5.74) is 6.71. The summed E-state index contributed by atoms with van der Waals surface area (Å²) in [6.45, 7) is 1.11. The molecular formula is C20H25N5O4S. The van der Waals surface area contributed by atoms with E-state index in [2.05, 4.69) is 15.6 Å². The van der Waals surface area contributed by atoms with Gasteiger partial charge < -0.3 is 20.7 Å². The van der Waals surface area contributed by atoms with E-state index in [1.54, 1.807) is 36.3 Å². The lowest BCUT2D eigenvalue weighted by Crippen LogP contribution is -2.41. The van der Waals surface area contributed by atoms with Crippen LogP contribution in [0.5, 0.6) is 5.75 Å². The Morgan fingerprint density at radius 3 is 2.53 bits per heavy atom. The van der Waals surface area contributed by atoms with Crippen molar-refractivity contribution in [3.8, 4) is 5.75 Å². The van der Waals surface area contributed by atoms with Crippen molar-refractivity contribution in [1.29, 1.82) is 0 Å². The molecule has 1 aliphatic heterocycles. The number of aryl methyl sites for hydroxylation is 1. The fourth-order valence-corrected chi connectivity index (χ4v) is 3.96. The summed E-state index contributed by atoms with van der Waals surface area (Å²) < 4.78 is 5.08. The molecule has 1 aromatic carbocycles. The fraction of sp³-hybridized carbons (Fsp3) is 0.400. The topological polar surface area (TPSA) is 127 Å². The summed E-state index contributed by atoms with van der Waals surface area (Å²) in [7, 11) is 1.58. The predicted octanol–water partition coefficient (Wildman–Crippen LogP) is 2.45. The summed E-state index contributed by atoms with van der Waals surface area (Å²) >= 11 is 1.31. The van der Waals surface area contributed by atoms with E-state index >= 15 is 0 Å². The first-order valence-electron chi connectivity index (χ1n) is 9.68. The van der Waals surface area contributed by atoms with E-state index in [0.717, 1.165) is 5.69 Å². The highest BCUT2D eigenvalue weighted by Gasteiger charge is 2.25. The van der Waals surface area contributed by atoms with Crippen molar-refractivity contribution in [2.24, 2.45) is 11.7 Å². The van der Waals surface area contributed by atoms with Gasteiger partial charge in [-0.25, -0.2) is 9.78 Å². The summed E-state index contributed by atoms with van der Waals surface area (Å²) in [6.07, 6.45) is 2.07. The molecule has 4 amide bonds. The van der Waals surface area contributed by atoms with Gasteiger partial charge in [0.2, 0.25) is 11.8 Å². The molecule has 0 spiro atoms. The summed E-state index contributed by atoms with van der Waals surface area (Å²) in [4.78, 5) is 41.8. The highest BCUT2D eigenvalue weighted by Crippen LogP contribution is 2.20. The van der Waals surface area contributed by atoms with Crippen LogP contribution in [0, 0.1) is 5.92 Å². The molecule has 4 N–H and O–H groups in total. The molecule has 0 unspecified atom stereocenters. The summed E-state index contributed by atoms with van der Waals surface area (Å²) in [6, 6.07) is 6.59. The van der Waals surface area contributed by atoms with E-state index in [9.17, 15) is 14.4 Å². The second-order valence-corrected chi connectivity index (χ2v) is 7.87. The van der Waals surface area contributed by atoms with Crippen molar-refractivity contribution in [3.05, 3.63) is 35.3 Å². The van der Waals surface area contributed by atoms with Crippen LogP contribution in [0.25, 0.3) is 0 Å². The van der Waals surface area contributed by atoms with Crippen LogP contribution in [0.3, 0.4) is 0 Å². The van der Waals surface area contributed by atoms with Gasteiger partial charge in [0.25, 0.3) is 0 Å². The molecule has 0 saturated carbocycles. The molecule has 10 heteroatoms. The highest BCUT2D eigenvalue weighted by molar-refractivity contribution is 7.13. The Balaban J connectivity index is 1.42. The lowest BCUT2D eigenvalue weighted by Gasteiger charge is -2.30. The van der Waals surface area contributed by atoms with Crippen LogP contribution >= 0.6 is 11.3 Å². The average molecular weight is 432 g/mol. The van der Waals surface area contributed by atoms with Crippen LogP contribution in [0.2, 0.25) is 0 Å². The zero-order valence-electron chi connectivity index (χ0n) is 16.7. The molecule has 3 rings (SSSR count). The van der Waals surface area contributed by atoms with Crippen LogP contribution in [0.4, 0.5) is 15.6 Å². The molecular weight excluding hydrogens is 406 g/mol. The minimum atomic E-state index is -0.394. The third-order valence-electron chi connectivity index (χ3n) is 4.97. The Labute approximate surface area is 178 Å². The van der Waals surface area contributed by atoms with Crippen LogP contribution in [0.15, 0.2) is 29.6 Å². The van der Waals surface area contributed by atoms with E-state index in [-0.39, 0.29) is 17.7 Å². The fourth-order valence-electron chi connectivity index (χ4n) is 3.22. The normalized spacial score (nSPS) is 14.2. The number of amides is 4. The molecule has 2 heterocycles. The maximum atomic E-state index is 12.4. The van der Waals surface area contributed by atoms with Crippen LogP contribution in [0.1, 0.15) is 25.0 Å². The third kappa shape index (κ3) is 5.93. The molecule has 0 aliphatic carbocycles. The number of hydrogen-bond donors (Lipinski definition) is 3. The number of anilines is 2. The molecule has 9 nitrogen and oxygen atoms in total. The van der Waals surface area contributed by atoms with Crippen LogP contribution in [-0.2, 0) is 16.0 Å². The molecule has 0 atom stereocenters. The van der Waals surface area contributed by atoms with Gasteiger partial charge in [0.05, 0.1) is 12.8 Å². The minimum absolute atomic E-state index is 0.0395. The maximum Gasteiger partial charge on any atom is 0.325 e. The maximum absolute atomic E-state index is 12.4. The summed E-state index contributed by atoms with van der Waals surface area (Å²) in [5.74, 6) is 0.320. The number of carbonyl (C=O) groups excluding carboxylic acids is 3. The quantitative estimate of drug-likeness (QED) is 0.621. The number of methoxy groups -OCH3 is 1. The van der Waals surface area contributed by atoms with Crippen molar-refractivity contribution in [3.63, 3.8) is 0 Å². The van der Waals surface area contributed by atoms with Crippen molar-refractivity contribution in [2.75, 3.05) is 30.8 Å². The molecule has 30 heavy (non-hydrogen) atoms. The second kappa shape index (κ2) is 10.1. The van der Waals surface area contributed by atoms with E-state index in [0.29, 0.717) is 55.3 Å². The van der Waals surface area contributed by atoms with Gasteiger partial charge in [-0.3, -0.25) is 14.9 Å². The van der Waals surface area contributed by atoms with Gasteiger partial charge in [0, 0.05) is 36.5 Å². The molecule has 0 bridgehead atoms. The SMILES string of the molecule is COc1ccc(NC(=O)Nc2nc(CCC(=O)N3CCC(C(N)=O)CC3)cs2)cc1. The van der Waals surface area contributed by atoms with Gasteiger partial charge in [-0.05, 0) is 43.5 Å². The van der Waals surface area contributed by atoms with Crippen LogP contribution < -0.4 is 21.1 Å². The lowest BCUT2D eigenvalue weighted by atomic mass is 9.96. The van der Waals surface area contributed by atoms with Crippen molar-refractivity contribution < 1.29 is 19.1 Å². The monoisotopic (exact) mass is 431 g/mol. The molecule has 1 aromatic heterocycles. The third-order valence-corrected chi connectivity index (χ3v) is 5.77. The zero-order valence-corrected chi connectivity index (χ0v) is 17.5. The second-order valence-electron chi connectivity index (χ2n) is 7.01. The zero-order chi connectivity index (χ0) is 21.5. The number of urea groups is 1. The highest BCUT2D eigenvalue weighted by atomic mass is 32.1. The average Bonchev–Trinajstić information content (AvgIpc) is 3.19. The lowest BCUT2D eigenvalue weighted by molar-refractivity contribution is -0.134. The summed E-state index contributed by atoms with van der Waals surface area (Å²) in [5, 5.41) is 7.71. The van der Waals surface area contributed by atoms with E-state index in [1.807, 2.05) is 5.38 Å². The van der Waals surface area contributed by atoms with Crippen molar-refractivity contribution in [2.45, 2.75) is 25.7 Å². The number of aromatic nitrogens is 1. The number of nitrogens with zero attached hydrogens (tertiary/aromatic N) is 2. The van der Waals surface area contributed by atoms with Gasteiger partial charge in [0.1, 0.15) is 5.75 Å². The number of ether oxygens (including phenoxy) is 1. The van der Waals surface area contributed by atoms with Gasteiger partial charge >= 0.3 is 6.03 Å². The van der Waals surface area contributed by atoms with Gasteiger partial charge in [-0.1, -0.05) is 0 Å². The van der Waals surface area contributed by atoms with Crippen molar-refractivity contribution >= 4 is 40.0 Å². The van der Waals surface area contributed by atoms with Gasteiger partial charge in [-0.15, -0.1) is 11.3 Å². The first-order chi connectivity index (χ1) is 14.4. The number of carbonyl (C=O) groups is 3. The number of thiazole rings is 1. The Morgan fingerprint density at radius 1 is 1.20 bits per heavy atom. The first kappa shape index (κ1) is 21.6. The van der Waals surface area contributed by atoms with E-state index in [4.69, 9.17) is 10.5 Å². The number of hydrogen-bond acceptors (Lipinski definition) is 6. The smallest absolute Gasteiger partial charge is 0.325 e. The minimum Gasteiger partial charge on any atom is -0.497 e. The first-order valence-corrected chi connectivity index (χ1v) is 10.6. The van der Waals surface area contributed by atoms with E-state index < -0.39 is 6.03 Å². The molecule has 0 radical (unpaired) electrons. The van der Waals surface area contributed by atoms with Crippen molar-refractivity contribution in [1.82, 2.24) is 9.88 Å². The largest absolute Gasteiger partial charge is 0.497 e. The number of rotatable bonds is 7. The Kier molecular flexibility index (Phi) is 7.23. The number of benzene rings is 1. The number of nitrogens with one attached hydrogen (secondary N) is 2. The van der Waals surface area contributed by atoms with E-state index in [1.165, 1.54) is 11.3 Å². The standard InChI is InChI=1S/C20H25N5O4S/c1-29-16-5-2-14(3-6-16)22-19(28)24-20-23-15(12-30-20)4-7-17(26)25-10-8-13(9-11-25)18(21)27/h2-3,5-6,12-13H,4,7-11H2,1H3,(H2,21,27)(H2,22,23,24,28). The number of piperidine rings is 1. The Hall–Kier alpha value is -3.14. The molecule has 1 aliphatic rings. The molecule has 1 fully saturated rings. The van der Waals surface area contributed by atoms with Gasteiger partial charge in [0.15, 0.2) is 5.13 Å². The Bertz CT molecular complexity index is 891. The molecule has 2 aromatic rings. The number of nitrogens with two attached hydrogens (primary N) is 1. The van der Waals surface area contributed by atoms with Gasteiger partial charge in [-0.2, -0.15) is 0 Å². The number of primary amides is 1. The Morgan fingerprint density at radius 2 is 1.90 bits per heavy atom. The molecule has 160 valence electrons. The number of likely N-dealkylation sites (tertiary alicyclic amines) is 1. The molecule has 1 saturated heterocycles. The predicted molar refractivity (Wildman–Crippen MR) is 115 cm³/mol.